The SMILES string of the molecule is C=C1c2ccccc2NC(=O)N1CC(c1ccco1)N(C)C. The van der Waals surface area contributed by atoms with E-state index in [-0.39, 0.29) is 12.1 Å². The molecule has 1 N–H and O–H groups in total. The molecule has 5 nitrogen and oxygen atoms in total. The first-order valence-corrected chi connectivity index (χ1v) is 7.14. The third-order valence-corrected chi connectivity index (χ3v) is 3.90. The minimum absolute atomic E-state index is 0.0391. The Bertz CT molecular complexity index is 692. The molecule has 1 unspecified atom stereocenters. The third kappa shape index (κ3) is 2.51. The quantitative estimate of drug-likeness (QED) is 0.941. The number of fused-ring (bicyclic) bond motifs is 1. The normalized spacial score (nSPS) is 15.7. The summed E-state index contributed by atoms with van der Waals surface area (Å²) in [5.41, 5.74) is 2.45. The van der Waals surface area contributed by atoms with Crippen LogP contribution >= 0.6 is 0 Å². The maximum Gasteiger partial charge on any atom is 0.326 e. The first kappa shape index (κ1) is 14.4. The molecule has 1 aromatic carbocycles. The van der Waals surface area contributed by atoms with Crippen LogP contribution in [0, 0.1) is 0 Å². The van der Waals surface area contributed by atoms with E-state index in [1.807, 2.05) is 55.4 Å². The summed E-state index contributed by atoms with van der Waals surface area (Å²) < 4.78 is 5.51. The lowest BCUT2D eigenvalue weighted by atomic mass is 10.1. The number of amides is 2. The van der Waals surface area contributed by atoms with Gasteiger partial charge in [-0.3, -0.25) is 9.80 Å². The fourth-order valence-electron chi connectivity index (χ4n) is 2.65. The van der Waals surface area contributed by atoms with Gasteiger partial charge in [-0.25, -0.2) is 4.79 Å². The largest absolute Gasteiger partial charge is 0.468 e. The van der Waals surface area contributed by atoms with Crippen LogP contribution in [0.1, 0.15) is 17.4 Å². The van der Waals surface area contributed by atoms with Gasteiger partial charge in [-0.1, -0.05) is 24.8 Å². The standard InChI is InChI=1S/C17H19N3O2/c1-12-13-7-4-5-8-14(13)18-17(21)20(12)11-15(19(2)3)16-9-6-10-22-16/h4-10,15H,1,11H2,2-3H3,(H,18,21). The Kier molecular flexibility index (Phi) is 3.73. The van der Waals surface area contributed by atoms with Crippen molar-refractivity contribution in [1.29, 1.82) is 0 Å². The Hall–Kier alpha value is -2.53. The van der Waals surface area contributed by atoms with Crippen molar-refractivity contribution in [3.63, 3.8) is 0 Å². The second kappa shape index (κ2) is 5.69. The lowest BCUT2D eigenvalue weighted by Gasteiger charge is -2.35. The van der Waals surface area contributed by atoms with Gasteiger partial charge < -0.3 is 9.73 Å². The number of rotatable bonds is 4. The van der Waals surface area contributed by atoms with E-state index < -0.39 is 0 Å². The number of likely N-dealkylation sites (N-methyl/N-ethyl adjacent to an activating group) is 1. The molecule has 2 amide bonds. The summed E-state index contributed by atoms with van der Waals surface area (Å²) in [4.78, 5) is 16.1. The molecule has 1 aliphatic heterocycles. The lowest BCUT2D eigenvalue weighted by Crippen LogP contribution is -2.42. The van der Waals surface area contributed by atoms with Gasteiger partial charge in [0.2, 0.25) is 0 Å². The van der Waals surface area contributed by atoms with Crippen LogP contribution in [0.4, 0.5) is 10.5 Å². The summed E-state index contributed by atoms with van der Waals surface area (Å²) in [5.74, 6) is 0.824. The number of nitrogens with zero attached hydrogens (tertiary/aromatic N) is 2. The van der Waals surface area contributed by atoms with Crippen LogP contribution in [0.5, 0.6) is 0 Å². The Balaban J connectivity index is 1.88. The molecule has 2 heterocycles. The monoisotopic (exact) mass is 297 g/mol. The van der Waals surface area contributed by atoms with Crippen molar-refractivity contribution >= 4 is 17.4 Å². The molecule has 0 spiro atoms. The number of urea groups is 1. The fraction of sp³-hybridized carbons (Fsp3) is 0.235. The number of para-hydroxylation sites is 1. The molecule has 114 valence electrons. The highest BCUT2D eigenvalue weighted by molar-refractivity contribution is 6.02. The molecule has 0 aliphatic carbocycles. The van der Waals surface area contributed by atoms with Gasteiger partial charge in [0.25, 0.3) is 0 Å². The van der Waals surface area contributed by atoms with Crippen LogP contribution in [-0.4, -0.2) is 36.5 Å². The second-order valence-electron chi connectivity index (χ2n) is 5.53. The number of hydrogen-bond donors (Lipinski definition) is 1. The van der Waals surface area contributed by atoms with Crippen LogP contribution < -0.4 is 5.32 Å². The Labute approximate surface area is 129 Å². The molecule has 1 aliphatic rings. The fourth-order valence-corrected chi connectivity index (χ4v) is 2.65. The zero-order chi connectivity index (χ0) is 15.7. The van der Waals surface area contributed by atoms with E-state index in [0.717, 1.165) is 17.0 Å². The van der Waals surface area contributed by atoms with Crippen molar-refractivity contribution < 1.29 is 9.21 Å². The van der Waals surface area contributed by atoms with E-state index in [2.05, 4.69) is 11.9 Å². The van der Waals surface area contributed by atoms with Crippen LogP contribution in [0.25, 0.3) is 5.70 Å². The molecule has 0 fully saturated rings. The molecule has 3 rings (SSSR count). The molecule has 5 heteroatoms. The smallest absolute Gasteiger partial charge is 0.326 e. The maximum absolute atomic E-state index is 12.4. The molecule has 0 saturated heterocycles. The number of hydrogen-bond acceptors (Lipinski definition) is 3. The number of carbonyl (C=O) groups excluding carboxylic acids is 1. The molecular weight excluding hydrogens is 278 g/mol. The van der Waals surface area contributed by atoms with Crippen molar-refractivity contribution in [1.82, 2.24) is 9.80 Å². The number of furan rings is 1. The molecule has 22 heavy (non-hydrogen) atoms. The summed E-state index contributed by atoms with van der Waals surface area (Å²) in [7, 11) is 3.93. The van der Waals surface area contributed by atoms with Gasteiger partial charge in [0.05, 0.1) is 24.5 Å². The Morgan fingerprint density at radius 1 is 1.27 bits per heavy atom. The average molecular weight is 297 g/mol. The highest BCUT2D eigenvalue weighted by Gasteiger charge is 2.30. The van der Waals surface area contributed by atoms with Crippen molar-refractivity contribution in [2.75, 3.05) is 26.0 Å². The van der Waals surface area contributed by atoms with Crippen LogP contribution in [0.15, 0.2) is 53.7 Å². The lowest BCUT2D eigenvalue weighted by molar-refractivity contribution is 0.196. The third-order valence-electron chi connectivity index (χ3n) is 3.90. The minimum Gasteiger partial charge on any atom is -0.468 e. The molecule has 0 radical (unpaired) electrons. The van der Waals surface area contributed by atoms with Gasteiger partial charge in [0, 0.05) is 11.3 Å². The number of benzene rings is 1. The minimum atomic E-state index is -0.165. The van der Waals surface area contributed by atoms with Crippen molar-refractivity contribution in [2.24, 2.45) is 0 Å². The van der Waals surface area contributed by atoms with Gasteiger partial charge in [-0.15, -0.1) is 0 Å². The van der Waals surface area contributed by atoms with Gasteiger partial charge >= 0.3 is 6.03 Å². The molecule has 0 bridgehead atoms. The highest BCUT2D eigenvalue weighted by Crippen LogP contribution is 2.32. The predicted molar refractivity (Wildman–Crippen MR) is 86.3 cm³/mol. The Morgan fingerprint density at radius 3 is 2.73 bits per heavy atom. The maximum atomic E-state index is 12.4. The van der Waals surface area contributed by atoms with Gasteiger partial charge in [-0.2, -0.15) is 0 Å². The summed E-state index contributed by atoms with van der Waals surface area (Å²) in [6.45, 7) is 4.57. The summed E-state index contributed by atoms with van der Waals surface area (Å²) in [6, 6.07) is 11.2. The van der Waals surface area contributed by atoms with Crippen molar-refractivity contribution in [3.8, 4) is 0 Å². The average Bonchev–Trinajstić information content (AvgIpc) is 3.00. The van der Waals surface area contributed by atoms with E-state index in [4.69, 9.17) is 4.42 Å². The zero-order valence-electron chi connectivity index (χ0n) is 12.7. The van der Waals surface area contributed by atoms with E-state index in [1.165, 1.54) is 0 Å². The Morgan fingerprint density at radius 2 is 2.05 bits per heavy atom. The van der Waals surface area contributed by atoms with Crippen LogP contribution in [0.2, 0.25) is 0 Å². The topological polar surface area (TPSA) is 48.7 Å². The first-order valence-electron chi connectivity index (χ1n) is 7.14. The van der Waals surface area contributed by atoms with Crippen LogP contribution in [-0.2, 0) is 0 Å². The van der Waals surface area contributed by atoms with E-state index >= 15 is 0 Å². The van der Waals surface area contributed by atoms with Gasteiger partial charge in [0.1, 0.15) is 5.76 Å². The zero-order valence-corrected chi connectivity index (χ0v) is 12.7. The summed E-state index contributed by atoms with van der Waals surface area (Å²) in [5, 5.41) is 2.91. The highest BCUT2D eigenvalue weighted by atomic mass is 16.3. The molecule has 1 aromatic heterocycles. The number of anilines is 1. The second-order valence-corrected chi connectivity index (χ2v) is 5.53. The summed E-state index contributed by atoms with van der Waals surface area (Å²) >= 11 is 0. The van der Waals surface area contributed by atoms with E-state index in [9.17, 15) is 4.79 Å². The van der Waals surface area contributed by atoms with Crippen LogP contribution in [0.3, 0.4) is 0 Å². The van der Waals surface area contributed by atoms with Gasteiger partial charge in [-0.05, 0) is 32.3 Å². The molecule has 1 atom stereocenters. The predicted octanol–water partition coefficient (Wildman–Crippen LogP) is 3.40. The molecule has 2 aromatic rings. The van der Waals surface area contributed by atoms with E-state index in [0.29, 0.717) is 12.2 Å². The van der Waals surface area contributed by atoms with Crippen molar-refractivity contribution in [2.45, 2.75) is 6.04 Å². The molecule has 0 saturated carbocycles. The molecular formula is C17H19N3O2. The van der Waals surface area contributed by atoms with Gasteiger partial charge in [0.15, 0.2) is 0 Å². The van der Waals surface area contributed by atoms with Crippen molar-refractivity contribution in [3.05, 3.63) is 60.6 Å². The first-order chi connectivity index (χ1) is 10.6. The number of carbonyl (C=O) groups is 1. The van der Waals surface area contributed by atoms with E-state index in [1.54, 1.807) is 11.2 Å². The summed E-state index contributed by atoms with van der Waals surface area (Å²) in [6.07, 6.45) is 1.65. The number of nitrogens with one attached hydrogen (secondary N) is 1.